The van der Waals surface area contributed by atoms with Crippen molar-refractivity contribution < 1.29 is 24.5 Å². The zero-order chi connectivity index (χ0) is 10.6. The van der Waals surface area contributed by atoms with Gasteiger partial charge in [0.05, 0.1) is 5.75 Å². The van der Waals surface area contributed by atoms with Crippen LogP contribution in [0.25, 0.3) is 0 Å². The summed E-state index contributed by atoms with van der Waals surface area (Å²) in [7, 11) is 0. The number of rotatable bonds is 4. The first kappa shape index (κ1) is 12.2. The number of carbonyl (C=O) groups excluding carboxylic acids is 1. The van der Waals surface area contributed by atoms with Gasteiger partial charge in [-0.3, -0.25) is 5.73 Å². The summed E-state index contributed by atoms with van der Waals surface area (Å²) in [6.45, 7) is 1.14. The van der Waals surface area contributed by atoms with Crippen molar-refractivity contribution in [3.63, 3.8) is 0 Å². The van der Waals surface area contributed by atoms with E-state index in [-0.39, 0.29) is 5.75 Å². The Morgan fingerprint density at radius 2 is 2.15 bits per heavy atom. The van der Waals surface area contributed by atoms with Gasteiger partial charge in [0.15, 0.2) is 0 Å². The van der Waals surface area contributed by atoms with Crippen molar-refractivity contribution in [1.29, 1.82) is 0 Å². The molecule has 0 aromatic heterocycles. The molecule has 4 N–H and O–H groups in total. The van der Waals surface area contributed by atoms with Crippen LogP contribution >= 0.6 is 12.6 Å². The highest BCUT2D eigenvalue weighted by atomic mass is 32.1. The van der Waals surface area contributed by atoms with Crippen molar-refractivity contribution in [2.24, 2.45) is 5.73 Å². The number of aliphatic hydroxyl groups excluding tert-OH is 1. The first-order valence-electron chi connectivity index (χ1n) is 3.37. The van der Waals surface area contributed by atoms with Crippen molar-refractivity contribution in [2.45, 2.75) is 18.8 Å². The summed E-state index contributed by atoms with van der Waals surface area (Å²) >= 11 is 3.62. The Morgan fingerprint density at radius 3 is 2.38 bits per heavy atom. The topological polar surface area (TPSA) is 110 Å². The van der Waals surface area contributed by atoms with E-state index in [1.807, 2.05) is 0 Å². The maximum atomic E-state index is 10.8. The smallest absolute Gasteiger partial charge is 0.364 e. The number of carboxylic acid groups (broad SMARTS) is 1. The minimum atomic E-state index is -2.18. The molecule has 13 heavy (non-hydrogen) atoms. The van der Waals surface area contributed by atoms with E-state index < -0.39 is 23.8 Å². The maximum absolute atomic E-state index is 10.8. The van der Waals surface area contributed by atoms with Gasteiger partial charge < -0.3 is 14.9 Å². The third-order valence-corrected chi connectivity index (χ3v) is 1.69. The number of esters is 1. The molecule has 0 radical (unpaired) electrons. The summed E-state index contributed by atoms with van der Waals surface area (Å²) < 4.78 is 4.32. The van der Waals surface area contributed by atoms with Crippen molar-refractivity contribution in [3.8, 4) is 0 Å². The minimum absolute atomic E-state index is 0.374. The lowest BCUT2D eigenvalue weighted by Gasteiger charge is -2.23. The van der Waals surface area contributed by atoms with Gasteiger partial charge in [-0.2, -0.15) is 12.6 Å². The molecule has 0 bridgehead atoms. The van der Waals surface area contributed by atoms with Crippen LogP contribution in [0, 0.1) is 0 Å². The lowest BCUT2D eigenvalue weighted by molar-refractivity contribution is -0.180. The van der Waals surface area contributed by atoms with E-state index in [4.69, 9.17) is 15.9 Å². The molecule has 76 valence electrons. The molecule has 0 fully saturated rings. The quantitative estimate of drug-likeness (QED) is 0.257. The Labute approximate surface area is 80.1 Å². The van der Waals surface area contributed by atoms with E-state index in [2.05, 4.69) is 17.4 Å². The van der Waals surface area contributed by atoms with Gasteiger partial charge in [0.25, 0.3) is 5.72 Å². The second-order valence-corrected chi connectivity index (χ2v) is 2.77. The van der Waals surface area contributed by atoms with Crippen LogP contribution in [0.15, 0.2) is 0 Å². The lowest BCUT2D eigenvalue weighted by atomic mass is 10.3. The van der Waals surface area contributed by atoms with Crippen LogP contribution in [0.4, 0.5) is 0 Å². The fourth-order valence-electron chi connectivity index (χ4n) is 0.408. The monoisotopic (exact) mass is 209 g/mol. The Balaban J connectivity index is 4.45. The first-order valence-corrected chi connectivity index (χ1v) is 4.01. The van der Waals surface area contributed by atoms with Crippen LogP contribution in [-0.4, -0.2) is 39.7 Å². The molecule has 6 nitrogen and oxygen atoms in total. The summed E-state index contributed by atoms with van der Waals surface area (Å²) in [6.07, 6.45) is -1.41. The molecule has 0 rings (SSSR count). The molecule has 0 aromatic carbocycles. The molecule has 0 spiro atoms. The van der Waals surface area contributed by atoms with Gasteiger partial charge in [-0.1, -0.05) is 0 Å². The summed E-state index contributed by atoms with van der Waals surface area (Å²) in [5.41, 5.74) is 2.97. The highest BCUT2D eigenvalue weighted by molar-refractivity contribution is 7.80. The Morgan fingerprint density at radius 1 is 1.69 bits per heavy atom. The largest absolute Gasteiger partial charge is 0.477 e. The molecular formula is C6H11NO5S. The van der Waals surface area contributed by atoms with Crippen molar-refractivity contribution in [2.75, 3.05) is 5.75 Å². The molecule has 2 unspecified atom stereocenters. The molecule has 0 aromatic rings. The Bertz CT molecular complexity index is 219. The van der Waals surface area contributed by atoms with Crippen LogP contribution in [0.2, 0.25) is 0 Å². The number of nitrogens with two attached hydrogens (primary N) is 1. The third kappa shape index (κ3) is 3.21. The Hall–Kier alpha value is -0.790. The molecule has 0 heterocycles. The van der Waals surface area contributed by atoms with Gasteiger partial charge >= 0.3 is 11.9 Å². The second kappa shape index (κ2) is 4.45. The number of carboxylic acids is 1. The van der Waals surface area contributed by atoms with Crippen molar-refractivity contribution in [3.05, 3.63) is 0 Å². The van der Waals surface area contributed by atoms with E-state index in [0.29, 0.717) is 0 Å². The van der Waals surface area contributed by atoms with Gasteiger partial charge in [0, 0.05) is 0 Å². The van der Waals surface area contributed by atoms with E-state index in [9.17, 15) is 9.59 Å². The predicted octanol–water partition coefficient (Wildman–Crippen LogP) is -1.42. The van der Waals surface area contributed by atoms with Crippen LogP contribution in [0.5, 0.6) is 0 Å². The van der Waals surface area contributed by atoms with Crippen molar-refractivity contribution >= 4 is 24.6 Å². The number of aliphatic carboxylic acids is 1. The van der Waals surface area contributed by atoms with Crippen LogP contribution in [-0.2, 0) is 14.3 Å². The fraction of sp³-hybridized carbons (Fsp3) is 0.667. The second-order valence-electron chi connectivity index (χ2n) is 2.45. The molecule has 0 saturated heterocycles. The molecular weight excluding hydrogens is 198 g/mol. The SMILES string of the molecule is CC(O)C(=O)OC(N)(CS)C(=O)O. The van der Waals surface area contributed by atoms with Gasteiger partial charge in [-0.15, -0.1) is 0 Å². The number of aliphatic hydroxyl groups is 1. The highest BCUT2D eigenvalue weighted by Gasteiger charge is 2.37. The number of hydrogen-bond donors (Lipinski definition) is 4. The summed E-state index contributed by atoms with van der Waals surface area (Å²) in [6, 6.07) is 0. The van der Waals surface area contributed by atoms with Crippen LogP contribution in [0.1, 0.15) is 6.92 Å². The normalized spacial score (nSPS) is 17.2. The Kier molecular flexibility index (Phi) is 4.18. The molecule has 2 atom stereocenters. The van der Waals surface area contributed by atoms with Gasteiger partial charge in [0.1, 0.15) is 6.10 Å². The summed E-state index contributed by atoms with van der Waals surface area (Å²) in [5.74, 6) is -2.99. The van der Waals surface area contributed by atoms with E-state index >= 15 is 0 Å². The zero-order valence-electron chi connectivity index (χ0n) is 6.93. The molecule has 0 aliphatic rings. The number of carbonyl (C=O) groups is 2. The van der Waals surface area contributed by atoms with Crippen LogP contribution in [0.3, 0.4) is 0 Å². The van der Waals surface area contributed by atoms with Gasteiger partial charge in [-0.25, -0.2) is 9.59 Å². The summed E-state index contributed by atoms with van der Waals surface area (Å²) in [5, 5.41) is 17.2. The maximum Gasteiger partial charge on any atom is 0.364 e. The lowest BCUT2D eigenvalue weighted by Crippen LogP contribution is -2.54. The molecule has 0 aliphatic carbocycles. The predicted molar refractivity (Wildman–Crippen MR) is 46.2 cm³/mol. The number of ether oxygens (including phenoxy) is 1. The van der Waals surface area contributed by atoms with E-state index in [0.717, 1.165) is 6.92 Å². The molecule has 0 saturated carbocycles. The number of thiol groups is 1. The van der Waals surface area contributed by atoms with Crippen molar-refractivity contribution in [1.82, 2.24) is 0 Å². The first-order chi connectivity index (χ1) is 5.83. The van der Waals surface area contributed by atoms with Gasteiger partial charge in [0.2, 0.25) is 0 Å². The minimum Gasteiger partial charge on any atom is -0.477 e. The van der Waals surface area contributed by atoms with E-state index in [1.54, 1.807) is 0 Å². The average Bonchev–Trinajstić information content (AvgIpc) is 2.03. The average molecular weight is 209 g/mol. The zero-order valence-corrected chi connectivity index (χ0v) is 7.82. The highest BCUT2D eigenvalue weighted by Crippen LogP contribution is 2.07. The van der Waals surface area contributed by atoms with E-state index in [1.165, 1.54) is 0 Å². The number of hydrogen-bond acceptors (Lipinski definition) is 6. The van der Waals surface area contributed by atoms with Gasteiger partial charge in [-0.05, 0) is 6.92 Å². The molecule has 7 heteroatoms. The molecule has 0 aliphatic heterocycles. The van der Waals surface area contributed by atoms with Crippen LogP contribution < -0.4 is 5.73 Å². The fourth-order valence-corrected chi connectivity index (χ4v) is 0.608. The summed E-state index contributed by atoms with van der Waals surface area (Å²) in [4.78, 5) is 21.2. The molecule has 0 amide bonds. The third-order valence-electron chi connectivity index (χ3n) is 1.22. The standard InChI is InChI=1S/C6H11NO5S/c1-3(8)4(9)12-6(7,2-13)5(10)11/h3,8,13H,2,7H2,1H3,(H,10,11).